The van der Waals surface area contributed by atoms with Crippen molar-refractivity contribution in [1.29, 1.82) is 0 Å². The van der Waals surface area contributed by atoms with Crippen molar-refractivity contribution in [2.45, 2.75) is 0 Å². The Bertz CT molecular complexity index is 80.1. The summed E-state index contributed by atoms with van der Waals surface area (Å²) in [7, 11) is 0. The molecule has 16 heteroatoms. The Hall–Kier alpha value is 2.30. The van der Waals surface area contributed by atoms with Crippen LogP contribution in [0.25, 0.3) is 0 Å². The molecule has 0 radical (unpaired) electrons. The van der Waals surface area contributed by atoms with E-state index in [-0.39, 0.29) is 118 Å². The van der Waals surface area contributed by atoms with Gasteiger partial charge in [-0.15, -0.1) is 0 Å². The summed E-state index contributed by atoms with van der Waals surface area (Å²) < 4.78 is 0. The average molecular weight is 314 g/mol. The van der Waals surface area contributed by atoms with Crippen molar-refractivity contribution in [3.63, 3.8) is 0 Å². The van der Waals surface area contributed by atoms with Crippen LogP contribution in [-0.2, 0) is 0 Å². The molecule has 6 N–H and O–H groups in total. The van der Waals surface area contributed by atoms with E-state index < -0.39 is 12.3 Å². The van der Waals surface area contributed by atoms with E-state index >= 15 is 0 Å². The largest absolute Gasteiger partial charge is 1.00 e. The maximum Gasteiger partial charge on any atom is 1.00 e. The van der Waals surface area contributed by atoms with E-state index in [2.05, 4.69) is 0 Å². The molecule has 0 atom stereocenters. The van der Waals surface area contributed by atoms with E-state index in [4.69, 9.17) is 61.6 Å². The summed E-state index contributed by atoms with van der Waals surface area (Å²) in [4.78, 5) is 16.7. The summed E-state index contributed by atoms with van der Waals surface area (Å²) in [5.41, 5.74) is 0. The molecular weight excluding hydrogens is 308 g/mol. The van der Waals surface area contributed by atoms with Crippen molar-refractivity contribution in [2.75, 3.05) is 0 Å². The second kappa shape index (κ2) is 93.8. The number of hydrogen-bond acceptors (Lipinski definition) is 12. The number of hydrogen-bond donors (Lipinski definition) is 6. The smallest absolute Gasteiger partial charge is 0.652 e. The van der Waals surface area contributed by atoms with E-state index in [9.17, 15) is 0 Å². The number of carbonyl (C=O) groups is 2. The Morgan fingerprint density at radius 3 is 0.500 bits per heavy atom. The van der Waals surface area contributed by atoms with Gasteiger partial charge in [0.05, 0.1) is 0 Å². The number of carbonyl (C=O) groups excluding carboxylic acids is 2. The summed E-state index contributed by atoms with van der Waals surface area (Å²) >= 11 is 0. The van der Waals surface area contributed by atoms with Gasteiger partial charge in [0.15, 0.2) is 0 Å². The van der Waals surface area contributed by atoms with Crippen LogP contribution in [0.15, 0.2) is 0 Å². The third kappa shape index (κ3) is 1040. The third-order valence-corrected chi connectivity index (χ3v) is 0. The van der Waals surface area contributed by atoms with Crippen molar-refractivity contribution in [1.82, 2.24) is 0 Å². The van der Waals surface area contributed by atoms with Gasteiger partial charge in [0, 0.05) is 0 Å². The molecule has 0 fully saturated rings. The first-order chi connectivity index (χ1) is 6.46. The molecule has 0 aliphatic heterocycles. The first kappa shape index (κ1) is 59.2. The Morgan fingerprint density at radius 2 is 0.500 bits per heavy atom. The maximum absolute atomic E-state index is 8.33. The summed E-state index contributed by atoms with van der Waals surface area (Å²) in [6, 6.07) is 0. The van der Waals surface area contributed by atoms with Gasteiger partial charge in [-0.2, -0.15) is 0 Å². The van der Waals surface area contributed by atoms with Crippen LogP contribution in [0.5, 0.6) is 0 Å². The van der Waals surface area contributed by atoms with Crippen LogP contribution in [0.3, 0.4) is 0 Å². The fourth-order valence-electron chi connectivity index (χ4n) is 0. The number of rotatable bonds is 0. The molecule has 0 unspecified atom stereocenters. The summed E-state index contributed by atoms with van der Waals surface area (Å²) in [5.74, 6) is 0. The normalized spacial score (nSPS) is 3.67. The van der Waals surface area contributed by atoms with Gasteiger partial charge >= 0.3 is 118 Å². The zero-order valence-corrected chi connectivity index (χ0v) is 18.1. The van der Waals surface area contributed by atoms with Crippen LogP contribution in [0, 0.1) is 0 Å². The minimum Gasteiger partial charge on any atom is -0.652 e. The van der Waals surface area contributed by atoms with Crippen LogP contribution < -0.4 is 139 Å². The van der Waals surface area contributed by atoms with Gasteiger partial charge < -0.3 is 30.0 Å². The molecule has 0 amide bonds. The summed E-state index contributed by atoms with van der Waals surface area (Å²) in [5, 5.41) is 69.3. The zero-order chi connectivity index (χ0) is 13.2. The average Bonchev–Trinajstić information content (AvgIpc) is 2.12. The predicted molar refractivity (Wildman–Crippen MR) is 26.6 cm³/mol. The molecule has 0 aromatic rings. The second-order valence-corrected chi connectivity index (χ2v) is 0.500. The van der Waals surface area contributed by atoms with E-state index in [0.717, 1.165) is 0 Å². The Kier molecular flexibility index (Phi) is 309. The molecular formula is C2H6Na4O12. The van der Waals surface area contributed by atoms with Crippen molar-refractivity contribution >= 4 is 12.3 Å². The van der Waals surface area contributed by atoms with Crippen molar-refractivity contribution in [3.8, 4) is 0 Å². The van der Waals surface area contributed by atoms with Crippen LogP contribution >= 0.6 is 0 Å². The summed E-state index contributed by atoms with van der Waals surface area (Å²) in [6.45, 7) is 0. The van der Waals surface area contributed by atoms with E-state index in [1.807, 2.05) is 0 Å². The Balaban J connectivity index is -0.00000000792. The van der Waals surface area contributed by atoms with Crippen LogP contribution in [0.2, 0.25) is 0 Å². The molecule has 18 heavy (non-hydrogen) atoms. The molecule has 0 saturated heterocycles. The van der Waals surface area contributed by atoms with Gasteiger partial charge in [0.25, 0.3) is 0 Å². The quantitative estimate of drug-likeness (QED) is 0.138. The van der Waals surface area contributed by atoms with E-state index in [1.54, 1.807) is 0 Å². The Labute approximate surface area is 189 Å². The molecule has 0 bridgehead atoms. The zero-order valence-electron chi connectivity index (χ0n) is 10.1. The summed E-state index contributed by atoms with van der Waals surface area (Å²) in [6.07, 6.45) is -4.67. The van der Waals surface area contributed by atoms with Crippen LogP contribution in [-0.4, -0.2) is 43.9 Å². The monoisotopic (exact) mass is 314 g/mol. The van der Waals surface area contributed by atoms with E-state index in [0.29, 0.717) is 0 Å². The van der Waals surface area contributed by atoms with Gasteiger partial charge in [-0.3, -0.25) is 31.5 Å². The molecule has 0 heterocycles. The molecule has 0 aliphatic carbocycles. The fraction of sp³-hybridized carbons (Fsp3) is 0. The standard InChI is InChI=1S/2CH2O3.4Na.3H2O2/c2*2-1(3)4;;;;;3*1-2/h2*(H2,2,3,4);;;;;3*1-2H/q;;4*+1;;;/p-4. The van der Waals surface area contributed by atoms with Crippen molar-refractivity contribution in [3.05, 3.63) is 0 Å². The van der Waals surface area contributed by atoms with Gasteiger partial charge in [-0.05, 0) is 12.3 Å². The molecule has 12 nitrogen and oxygen atoms in total. The van der Waals surface area contributed by atoms with Gasteiger partial charge in [-0.1, -0.05) is 0 Å². The minimum absolute atomic E-state index is 0. The molecule has 0 aliphatic rings. The SMILES string of the molecule is O=C([O-])[O-].O=C([O-])[O-].OO.OO.OO.[Na+].[Na+].[Na+].[Na+]. The van der Waals surface area contributed by atoms with Crippen LogP contribution in [0.1, 0.15) is 0 Å². The number of carboxylic acid groups (broad SMARTS) is 4. The van der Waals surface area contributed by atoms with Crippen LogP contribution in [0.4, 0.5) is 9.59 Å². The topological polar surface area (TPSA) is 248 Å². The maximum atomic E-state index is 8.33. The third-order valence-electron chi connectivity index (χ3n) is 0. The van der Waals surface area contributed by atoms with Gasteiger partial charge in [0.2, 0.25) is 0 Å². The van der Waals surface area contributed by atoms with Crippen molar-refractivity contribution < 1.29 is 180 Å². The Morgan fingerprint density at radius 1 is 0.500 bits per heavy atom. The predicted octanol–water partition coefficient (Wildman–Crippen LogP) is -16.8. The van der Waals surface area contributed by atoms with Gasteiger partial charge in [0.1, 0.15) is 0 Å². The van der Waals surface area contributed by atoms with Crippen molar-refractivity contribution in [2.24, 2.45) is 0 Å². The minimum atomic E-state index is -2.33. The molecule has 0 saturated carbocycles. The molecule has 0 aromatic carbocycles. The first-order valence-electron chi connectivity index (χ1n) is 1.82. The molecule has 90 valence electrons. The first-order valence-corrected chi connectivity index (χ1v) is 1.82. The van der Waals surface area contributed by atoms with E-state index in [1.165, 1.54) is 0 Å². The second-order valence-electron chi connectivity index (χ2n) is 0.500. The molecule has 0 aromatic heterocycles. The fourth-order valence-corrected chi connectivity index (χ4v) is 0. The molecule has 0 rings (SSSR count). The molecule has 0 spiro atoms. The van der Waals surface area contributed by atoms with Gasteiger partial charge in [-0.25, -0.2) is 0 Å².